The van der Waals surface area contributed by atoms with Gasteiger partial charge < -0.3 is 5.32 Å². The Kier molecular flexibility index (Phi) is 4.94. The molecule has 2 atom stereocenters. The third kappa shape index (κ3) is 3.58. The van der Waals surface area contributed by atoms with Gasteiger partial charge in [0.25, 0.3) is 0 Å². The van der Waals surface area contributed by atoms with Crippen molar-refractivity contribution in [2.24, 2.45) is 5.92 Å². The maximum atomic E-state index is 12.1. The van der Waals surface area contributed by atoms with E-state index in [1.165, 1.54) is 0 Å². The summed E-state index contributed by atoms with van der Waals surface area (Å²) >= 11 is 0. The third-order valence-corrected chi connectivity index (χ3v) is 6.12. The highest BCUT2D eigenvalue weighted by molar-refractivity contribution is 7.92. The molecule has 1 heterocycles. The topological polar surface area (TPSA) is 58.2 Å². The van der Waals surface area contributed by atoms with Crippen molar-refractivity contribution < 1.29 is 8.42 Å². The summed E-state index contributed by atoms with van der Waals surface area (Å²) in [4.78, 5) is 0. The van der Waals surface area contributed by atoms with Crippen LogP contribution in [0.2, 0.25) is 0 Å². The van der Waals surface area contributed by atoms with E-state index in [-0.39, 0.29) is 11.2 Å². The third-order valence-electron chi connectivity index (χ3n) is 4.64. The van der Waals surface area contributed by atoms with Crippen molar-refractivity contribution in [3.8, 4) is 0 Å². The van der Waals surface area contributed by atoms with Gasteiger partial charge in [-0.1, -0.05) is 39.0 Å². The molecule has 0 aliphatic carbocycles. The Bertz CT molecular complexity index is 586. The SMILES string of the molecule is CCCS(=O)(=O)Nc1ccccc1[C@@]1(C)CCNC[C@@H]1C. The first kappa shape index (κ1) is 16.3. The lowest BCUT2D eigenvalue weighted by Gasteiger charge is -2.41. The van der Waals surface area contributed by atoms with Gasteiger partial charge in [-0.3, -0.25) is 4.72 Å². The van der Waals surface area contributed by atoms with Crippen molar-refractivity contribution in [3.05, 3.63) is 29.8 Å². The van der Waals surface area contributed by atoms with Crippen LogP contribution in [0.15, 0.2) is 24.3 Å². The molecule has 1 aromatic rings. The van der Waals surface area contributed by atoms with E-state index in [2.05, 4.69) is 30.0 Å². The summed E-state index contributed by atoms with van der Waals surface area (Å²) < 4.78 is 27.0. The van der Waals surface area contributed by atoms with Crippen LogP contribution < -0.4 is 10.0 Å². The molecule has 0 aromatic heterocycles. The summed E-state index contributed by atoms with van der Waals surface area (Å²) in [5, 5.41) is 3.41. The fraction of sp³-hybridized carbons (Fsp3) is 0.625. The molecule has 1 aromatic carbocycles. The van der Waals surface area contributed by atoms with Crippen LogP contribution in [-0.4, -0.2) is 27.3 Å². The molecule has 1 aliphatic rings. The van der Waals surface area contributed by atoms with E-state index in [0.29, 0.717) is 12.3 Å². The van der Waals surface area contributed by atoms with Crippen LogP contribution in [0.25, 0.3) is 0 Å². The van der Waals surface area contributed by atoms with Crippen LogP contribution in [0.4, 0.5) is 5.69 Å². The summed E-state index contributed by atoms with van der Waals surface area (Å²) in [6.07, 6.45) is 1.63. The maximum Gasteiger partial charge on any atom is 0.232 e. The van der Waals surface area contributed by atoms with Gasteiger partial charge in [0.2, 0.25) is 10.0 Å². The molecule has 0 spiro atoms. The van der Waals surface area contributed by atoms with Crippen LogP contribution in [0.3, 0.4) is 0 Å². The molecular formula is C16H26N2O2S. The van der Waals surface area contributed by atoms with Gasteiger partial charge in [-0.15, -0.1) is 0 Å². The van der Waals surface area contributed by atoms with Crippen LogP contribution in [-0.2, 0) is 15.4 Å². The number of para-hydroxylation sites is 1. The van der Waals surface area contributed by atoms with Gasteiger partial charge in [0.1, 0.15) is 0 Å². The molecular weight excluding hydrogens is 284 g/mol. The van der Waals surface area contributed by atoms with Crippen LogP contribution in [0.1, 0.15) is 39.2 Å². The Hall–Kier alpha value is -1.07. The molecule has 0 radical (unpaired) electrons. The maximum absolute atomic E-state index is 12.1. The minimum absolute atomic E-state index is 0.00339. The first-order valence-corrected chi connectivity index (χ1v) is 9.35. The second-order valence-electron chi connectivity index (χ2n) is 6.24. The molecule has 2 N–H and O–H groups in total. The molecule has 4 nitrogen and oxygen atoms in total. The summed E-state index contributed by atoms with van der Waals surface area (Å²) in [6, 6.07) is 7.82. The van der Waals surface area contributed by atoms with Crippen molar-refractivity contribution in [1.29, 1.82) is 0 Å². The average Bonchev–Trinajstić information content (AvgIpc) is 2.42. The number of piperidine rings is 1. The first-order valence-electron chi connectivity index (χ1n) is 7.70. The zero-order valence-corrected chi connectivity index (χ0v) is 14.0. The van der Waals surface area contributed by atoms with E-state index >= 15 is 0 Å². The van der Waals surface area contributed by atoms with Crippen molar-refractivity contribution in [2.75, 3.05) is 23.6 Å². The van der Waals surface area contributed by atoms with Crippen molar-refractivity contribution in [2.45, 2.75) is 39.0 Å². The number of sulfonamides is 1. The Morgan fingerprint density at radius 1 is 1.38 bits per heavy atom. The molecule has 21 heavy (non-hydrogen) atoms. The predicted molar refractivity (Wildman–Crippen MR) is 88.1 cm³/mol. The van der Waals surface area contributed by atoms with E-state index in [1.807, 2.05) is 25.1 Å². The van der Waals surface area contributed by atoms with E-state index < -0.39 is 10.0 Å². The molecule has 1 fully saturated rings. The van der Waals surface area contributed by atoms with E-state index in [1.54, 1.807) is 0 Å². The van der Waals surface area contributed by atoms with Gasteiger partial charge in [-0.05, 0) is 48.9 Å². The molecule has 0 amide bonds. The highest BCUT2D eigenvalue weighted by Crippen LogP contribution is 2.40. The lowest BCUT2D eigenvalue weighted by Crippen LogP contribution is -2.45. The number of anilines is 1. The Morgan fingerprint density at radius 3 is 2.76 bits per heavy atom. The van der Waals surface area contributed by atoms with Gasteiger partial charge in [-0.2, -0.15) is 0 Å². The second kappa shape index (κ2) is 6.36. The summed E-state index contributed by atoms with van der Waals surface area (Å²) in [6.45, 7) is 8.28. The van der Waals surface area contributed by atoms with Gasteiger partial charge in [-0.25, -0.2) is 8.42 Å². The lowest BCUT2D eigenvalue weighted by atomic mass is 9.68. The smallest absolute Gasteiger partial charge is 0.232 e. The Balaban J connectivity index is 2.37. The van der Waals surface area contributed by atoms with Crippen LogP contribution in [0.5, 0.6) is 0 Å². The molecule has 5 heteroatoms. The largest absolute Gasteiger partial charge is 0.316 e. The zero-order chi connectivity index (χ0) is 15.5. The highest BCUT2D eigenvalue weighted by atomic mass is 32.2. The normalized spacial score (nSPS) is 26.5. The zero-order valence-electron chi connectivity index (χ0n) is 13.1. The fourth-order valence-corrected chi connectivity index (χ4v) is 4.25. The fourth-order valence-electron chi connectivity index (χ4n) is 3.10. The van der Waals surface area contributed by atoms with E-state index in [4.69, 9.17) is 0 Å². The number of nitrogens with one attached hydrogen (secondary N) is 2. The van der Waals surface area contributed by atoms with E-state index in [9.17, 15) is 8.42 Å². The van der Waals surface area contributed by atoms with Gasteiger partial charge in [0.05, 0.1) is 11.4 Å². The van der Waals surface area contributed by atoms with Crippen LogP contribution >= 0.6 is 0 Å². The number of hydrogen-bond acceptors (Lipinski definition) is 3. The molecule has 1 aliphatic heterocycles. The standard InChI is InChI=1S/C16H26N2O2S/c1-4-11-21(19,20)18-15-8-6-5-7-14(15)16(3)9-10-17-12-13(16)2/h5-8,13,17-18H,4,9-12H2,1-3H3/t13-,16-/m0/s1. The molecule has 0 unspecified atom stereocenters. The summed E-state index contributed by atoms with van der Waals surface area (Å²) in [5.74, 6) is 0.623. The second-order valence-corrected chi connectivity index (χ2v) is 8.08. The highest BCUT2D eigenvalue weighted by Gasteiger charge is 2.37. The lowest BCUT2D eigenvalue weighted by molar-refractivity contribution is 0.239. The molecule has 0 bridgehead atoms. The number of hydrogen-bond donors (Lipinski definition) is 2. The van der Waals surface area contributed by atoms with Crippen LogP contribution in [0, 0.1) is 5.92 Å². The van der Waals surface area contributed by atoms with Crippen molar-refractivity contribution in [1.82, 2.24) is 5.32 Å². The van der Waals surface area contributed by atoms with Crippen molar-refractivity contribution in [3.63, 3.8) is 0 Å². The summed E-state index contributed by atoms with van der Waals surface area (Å²) in [7, 11) is -3.26. The predicted octanol–water partition coefficient (Wildman–Crippen LogP) is 2.73. The average molecular weight is 310 g/mol. The monoisotopic (exact) mass is 310 g/mol. The quantitative estimate of drug-likeness (QED) is 0.879. The number of rotatable bonds is 5. The Morgan fingerprint density at radius 2 is 2.10 bits per heavy atom. The molecule has 0 saturated carbocycles. The van der Waals surface area contributed by atoms with Gasteiger partial charge in [0, 0.05) is 0 Å². The molecule has 1 saturated heterocycles. The Labute approximate surface area is 128 Å². The minimum atomic E-state index is -3.26. The number of benzene rings is 1. The summed E-state index contributed by atoms with van der Waals surface area (Å²) in [5.41, 5.74) is 1.84. The molecule has 2 rings (SSSR count). The van der Waals surface area contributed by atoms with E-state index in [0.717, 1.165) is 30.8 Å². The van der Waals surface area contributed by atoms with Crippen molar-refractivity contribution >= 4 is 15.7 Å². The van der Waals surface area contributed by atoms with Gasteiger partial charge >= 0.3 is 0 Å². The molecule has 118 valence electrons. The van der Waals surface area contributed by atoms with Gasteiger partial charge in [0.15, 0.2) is 0 Å². The first-order chi connectivity index (χ1) is 9.89. The minimum Gasteiger partial charge on any atom is -0.316 e.